The van der Waals surface area contributed by atoms with Gasteiger partial charge in [-0.3, -0.25) is 4.79 Å². The summed E-state index contributed by atoms with van der Waals surface area (Å²) in [5.74, 6) is -1.09. The Bertz CT molecular complexity index is 900. The fourth-order valence-corrected chi connectivity index (χ4v) is 2.26. The van der Waals surface area contributed by atoms with Crippen LogP contribution in [0.3, 0.4) is 0 Å². The summed E-state index contributed by atoms with van der Waals surface area (Å²) < 4.78 is 29.3. The number of hydrogen-bond donors (Lipinski definition) is 1. The molecule has 2 heterocycles. The van der Waals surface area contributed by atoms with E-state index in [4.69, 9.17) is 13.6 Å². The zero-order valence-electron chi connectivity index (χ0n) is 13.9. The number of carbonyl (C=O) groups is 2. The van der Waals surface area contributed by atoms with Gasteiger partial charge in [0.05, 0.1) is 18.4 Å². The maximum absolute atomic E-state index is 13.8. The fraction of sp³-hybridized carbons (Fsp3) is 0.158. The van der Waals surface area contributed by atoms with Gasteiger partial charge in [-0.25, -0.2) is 9.18 Å². The molecule has 2 aromatic heterocycles. The van der Waals surface area contributed by atoms with Gasteiger partial charge in [-0.05, 0) is 43.3 Å². The number of rotatable bonds is 6. The number of esters is 1. The maximum Gasteiger partial charge on any atom is 0.375 e. The van der Waals surface area contributed by atoms with Crippen LogP contribution < -0.4 is 5.32 Å². The molecule has 134 valence electrons. The van der Waals surface area contributed by atoms with Gasteiger partial charge < -0.3 is 18.9 Å². The van der Waals surface area contributed by atoms with Crippen molar-refractivity contribution < 1.29 is 27.6 Å². The molecule has 0 unspecified atom stereocenters. The number of benzene rings is 1. The van der Waals surface area contributed by atoms with E-state index in [1.54, 1.807) is 24.3 Å². The lowest BCUT2D eigenvalue weighted by atomic mass is 10.1. The summed E-state index contributed by atoms with van der Waals surface area (Å²) in [6.45, 7) is 1.63. The minimum atomic E-state index is -1.03. The summed E-state index contributed by atoms with van der Waals surface area (Å²) in [6.07, 6.45) is 0.467. The lowest BCUT2D eigenvalue weighted by Gasteiger charge is -2.12. The summed E-state index contributed by atoms with van der Waals surface area (Å²) in [7, 11) is 0. The van der Waals surface area contributed by atoms with E-state index in [0.717, 1.165) is 0 Å². The van der Waals surface area contributed by atoms with Gasteiger partial charge in [0.2, 0.25) is 5.76 Å². The van der Waals surface area contributed by atoms with E-state index in [9.17, 15) is 14.0 Å². The van der Waals surface area contributed by atoms with Crippen molar-refractivity contribution in [1.29, 1.82) is 0 Å². The van der Waals surface area contributed by atoms with Gasteiger partial charge in [-0.1, -0.05) is 12.1 Å². The first-order chi connectivity index (χ1) is 12.5. The summed E-state index contributed by atoms with van der Waals surface area (Å²) in [6, 6.07) is 12.3. The molecule has 26 heavy (non-hydrogen) atoms. The lowest BCUT2D eigenvalue weighted by molar-refractivity contribution is -0.129. The Balaban J connectivity index is 1.59. The van der Waals surface area contributed by atoms with Crippen LogP contribution in [0, 0.1) is 5.82 Å². The van der Waals surface area contributed by atoms with Crippen LogP contribution in [-0.4, -0.2) is 18.0 Å². The average molecular weight is 357 g/mol. The van der Waals surface area contributed by atoms with Crippen molar-refractivity contribution in [1.82, 2.24) is 5.32 Å². The normalized spacial score (nSPS) is 11.8. The van der Waals surface area contributed by atoms with E-state index < -0.39 is 23.8 Å². The second-order valence-electron chi connectivity index (χ2n) is 5.49. The van der Waals surface area contributed by atoms with Crippen molar-refractivity contribution in [2.75, 3.05) is 0 Å². The summed E-state index contributed by atoms with van der Waals surface area (Å²) in [4.78, 5) is 24.1. The minimum Gasteiger partial charge on any atom is -0.467 e. The van der Waals surface area contributed by atoms with Crippen molar-refractivity contribution in [3.8, 4) is 11.3 Å². The molecule has 6 nitrogen and oxygen atoms in total. The Kier molecular flexibility index (Phi) is 5.17. The fourth-order valence-electron chi connectivity index (χ4n) is 2.26. The molecule has 0 fully saturated rings. The summed E-state index contributed by atoms with van der Waals surface area (Å²) in [5, 5.41) is 2.59. The van der Waals surface area contributed by atoms with Gasteiger partial charge in [0, 0.05) is 0 Å². The number of halogens is 1. The molecule has 3 rings (SSSR count). The Morgan fingerprint density at radius 2 is 1.96 bits per heavy atom. The third-order valence-electron chi connectivity index (χ3n) is 3.62. The first-order valence-corrected chi connectivity index (χ1v) is 7.90. The quantitative estimate of drug-likeness (QED) is 0.683. The monoisotopic (exact) mass is 357 g/mol. The first kappa shape index (κ1) is 17.5. The number of hydrogen-bond acceptors (Lipinski definition) is 5. The smallest absolute Gasteiger partial charge is 0.375 e. The largest absolute Gasteiger partial charge is 0.467 e. The Morgan fingerprint density at radius 1 is 1.15 bits per heavy atom. The van der Waals surface area contributed by atoms with Crippen molar-refractivity contribution in [3.63, 3.8) is 0 Å². The van der Waals surface area contributed by atoms with Gasteiger partial charge >= 0.3 is 5.97 Å². The molecular weight excluding hydrogens is 341 g/mol. The number of amides is 1. The minimum absolute atomic E-state index is 0.117. The molecule has 3 aromatic rings. The molecule has 7 heteroatoms. The lowest BCUT2D eigenvalue weighted by Crippen LogP contribution is -2.35. The molecular formula is C19H16FNO5. The molecule has 1 amide bonds. The summed E-state index contributed by atoms with van der Waals surface area (Å²) in [5.41, 5.74) is 0.232. The first-order valence-electron chi connectivity index (χ1n) is 7.90. The summed E-state index contributed by atoms with van der Waals surface area (Å²) >= 11 is 0. The Labute approximate surface area is 148 Å². The van der Waals surface area contributed by atoms with E-state index in [1.807, 2.05) is 0 Å². The van der Waals surface area contributed by atoms with Crippen LogP contribution in [0.2, 0.25) is 0 Å². The molecule has 1 aromatic carbocycles. The SMILES string of the molecule is C[C@H](OC(=O)c1ccc(-c2ccccc2F)o1)C(=O)NCc1ccco1. The topological polar surface area (TPSA) is 81.7 Å². The highest BCUT2D eigenvalue weighted by Crippen LogP contribution is 2.25. The Morgan fingerprint density at radius 3 is 2.69 bits per heavy atom. The van der Waals surface area contributed by atoms with Crippen LogP contribution in [0.25, 0.3) is 11.3 Å². The second kappa shape index (κ2) is 7.69. The van der Waals surface area contributed by atoms with Crippen LogP contribution >= 0.6 is 0 Å². The second-order valence-corrected chi connectivity index (χ2v) is 5.49. The maximum atomic E-state index is 13.8. The molecule has 1 atom stereocenters. The van der Waals surface area contributed by atoms with Crippen LogP contribution in [0.5, 0.6) is 0 Å². The van der Waals surface area contributed by atoms with Gasteiger partial charge in [-0.2, -0.15) is 0 Å². The third kappa shape index (κ3) is 4.00. The van der Waals surface area contributed by atoms with Crippen LogP contribution in [0.4, 0.5) is 4.39 Å². The highest BCUT2D eigenvalue weighted by Gasteiger charge is 2.22. The average Bonchev–Trinajstić information content (AvgIpc) is 3.31. The molecule has 1 N–H and O–H groups in total. The third-order valence-corrected chi connectivity index (χ3v) is 3.62. The van der Waals surface area contributed by atoms with Crippen molar-refractivity contribution in [3.05, 3.63) is 72.1 Å². The number of nitrogens with one attached hydrogen (secondary N) is 1. The number of carbonyl (C=O) groups excluding carboxylic acids is 2. The molecule has 0 aliphatic rings. The van der Waals surface area contributed by atoms with E-state index >= 15 is 0 Å². The molecule has 0 saturated heterocycles. The van der Waals surface area contributed by atoms with E-state index in [1.165, 1.54) is 37.5 Å². The molecule has 0 aliphatic heterocycles. The van der Waals surface area contributed by atoms with Crippen LogP contribution in [0.15, 0.2) is 63.6 Å². The molecule has 0 spiro atoms. The van der Waals surface area contributed by atoms with Crippen molar-refractivity contribution in [2.24, 2.45) is 0 Å². The molecule has 0 saturated carbocycles. The number of ether oxygens (including phenoxy) is 1. The van der Waals surface area contributed by atoms with Crippen LogP contribution in [-0.2, 0) is 16.1 Å². The standard InChI is InChI=1S/C19H16FNO5/c1-12(18(22)21-11-13-5-4-10-24-13)25-19(23)17-9-8-16(26-17)14-6-2-3-7-15(14)20/h2-10,12H,11H2,1H3,(H,21,22)/t12-/m0/s1. The van der Waals surface area contributed by atoms with E-state index in [-0.39, 0.29) is 23.6 Å². The van der Waals surface area contributed by atoms with Crippen molar-refractivity contribution in [2.45, 2.75) is 19.6 Å². The van der Waals surface area contributed by atoms with E-state index in [2.05, 4.69) is 5.32 Å². The zero-order chi connectivity index (χ0) is 18.5. The highest BCUT2D eigenvalue weighted by molar-refractivity contribution is 5.90. The molecule has 0 radical (unpaired) electrons. The van der Waals surface area contributed by atoms with Gasteiger partial charge in [0.15, 0.2) is 6.10 Å². The van der Waals surface area contributed by atoms with Crippen LogP contribution in [0.1, 0.15) is 23.2 Å². The van der Waals surface area contributed by atoms with Crippen molar-refractivity contribution >= 4 is 11.9 Å². The van der Waals surface area contributed by atoms with Gasteiger partial charge in [0.1, 0.15) is 17.3 Å². The van der Waals surface area contributed by atoms with E-state index in [0.29, 0.717) is 5.76 Å². The molecule has 0 aliphatic carbocycles. The Hall–Kier alpha value is -3.35. The zero-order valence-corrected chi connectivity index (χ0v) is 13.9. The predicted octanol–water partition coefficient (Wildman–Crippen LogP) is 3.54. The highest BCUT2D eigenvalue weighted by atomic mass is 19.1. The molecule has 0 bridgehead atoms. The number of furan rings is 2. The van der Waals surface area contributed by atoms with Gasteiger partial charge in [0.25, 0.3) is 5.91 Å². The van der Waals surface area contributed by atoms with Gasteiger partial charge in [-0.15, -0.1) is 0 Å². The predicted molar refractivity (Wildman–Crippen MR) is 89.5 cm³/mol.